The van der Waals surface area contributed by atoms with Crippen LogP contribution in [0.15, 0.2) is 187 Å². The third-order valence-corrected chi connectivity index (χ3v) is 9.88. The summed E-state index contributed by atoms with van der Waals surface area (Å²) in [5.41, 5.74) is 10.6. The number of hydrogen-bond donors (Lipinski definition) is 0. The zero-order chi connectivity index (χ0) is 33.0. The van der Waals surface area contributed by atoms with Crippen LogP contribution in [-0.2, 0) is 0 Å². The minimum absolute atomic E-state index is 0.846. The van der Waals surface area contributed by atoms with Gasteiger partial charge in [-0.25, -0.2) is 0 Å². The molecule has 50 heavy (non-hydrogen) atoms. The third-order valence-electron chi connectivity index (χ3n) is 9.88. The molecule has 0 spiro atoms. The van der Waals surface area contributed by atoms with Gasteiger partial charge in [-0.3, -0.25) is 4.98 Å². The quantitative estimate of drug-likeness (QED) is 0.176. The summed E-state index contributed by atoms with van der Waals surface area (Å²) in [6.45, 7) is 0. The number of nitrogens with zero attached hydrogens (tertiary/aromatic N) is 2. The van der Waals surface area contributed by atoms with Gasteiger partial charge >= 0.3 is 0 Å². The minimum Gasteiger partial charge on any atom is -0.456 e. The standard InChI is InChI=1S/C47H30N2O/c1-2-8-31(9-3-1)32-17-22-38(23-18-32)49(44-13-6-14-45-47(44)42-30-43-37(11-7-27-48-43)29-46(42)50-45)39-24-19-33(20-25-39)35-21-26-41-36(28-35)16-15-34-10-4-5-12-40(34)41/h1-30H. The molecule has 0 atom stereocenters. The molecule has 0 fully saturated rings. The summed E-state index contributed by atoms with van der Waals surface area (Å²) in [5, 5.41) is 8.24. The second-order valence-electron chi connectivity index (χ2n) is 12.8. The highest BCUT2D eigenvalue weighted by Crippen LogP contribution is 2.44. The maximum atomic E-state index is 6.48. The Labute approximate surface area is 289 Å². The average Bonchev–Trinajstić information content (AvgIpc) is 3.55. The van der Waals surface area contributed by atoms with Crippen LogP contribution in [0.4, 0.5) is 17.1 Å². The maximum Gasteiger partial charge on any atom is 0.137 e. The van der Waals surface area contributed by atoms with E-state index in [-0.39, 0.29) is 0 Å². The molecule has 10 aromatic rings. The van der Waals surface area contributed by atoms with E-state index in [1.54, 1.807) is 0 Å². The van der Waals surface area contributed by atoms with E-state index in [0.29, 0.717) is 0 Å². The Bertz CT molecular complexity index is 2850. The summed E-state index contributed by atoms with van der Waals surface area (Å²) in [5.74, 6) is 0. The van der Waals surface area contributed by atoms with Crippen molar-refractivity contribution in [2.75, 3.05) is 4.90 Å². The second-order valence-corrected chi connectivity index (χ2v) is 12.8. The fourth-order valence-electron chi connectivity index (χ4n) is 7.42. The molecular weight excluding hydrogens is 609 g/mol. The van der Waals surface area contributed by atoms with Crippen LogP contribution in [0.3, 0.4) is 0 Å². The van der Waals surface area contributed by atoms with Crippen molar-refractivity contribution < 1.29 is 4.42 Å². The molecule has 0 bridgehead atoms. The lowest BCUT2D eigenvalue weighted by Crippen LogP contribution is -2.10. The van der Waals surface area contributed by atoms with Gasteiger partial charge in [-0.1, -0.05) is 115 Å². The van der Waals surface area contributed by atoms with E-state index in [1.165, 1.54) is 43.8 Å². The van der Waals surface area contributed by atoms with Crippen molar-refractivity contribution in [3.8, 4) is 22.3 Å². The molecule has 0 aliphatic carbocycles. The normalized spacial score (nSPS) is 11.6. The van der Waals surface area contributed by atoms with Gasteiger partial charge in [0.2, 0.25) is 0 Å². The smallest absolute Gasteiger partial charge is 0.137 e. The number of hydrogen-bond acceptors (Lipinski definition) is 3. The molecule has 2 heterocycles. The number of rotatable bonds is 5. The van der Waals surface area contributed by atoms with Gasteiger partial charge in [0, 0.05) is 28.3 Å². The van der Waals surface area contributed by atoms with E-state index in [9.17, 15) is 0 Å². The summed E-state index contributed by atoms with van der Waals surface area (Å²) < 4.78 is 6.48. The molecule has 0 saturated heterocycles. The number of anilines is 3. The number of pyridine rings is 1. The minimum atomic E-state index is 0.846. The summed E-state index contributed by atoms with van der Waals surface area (Å²) in [6, 6.07) is 62.7. The highest BCUT2D eigenvalue weighted by atomic mass is 16.3. The van der Waals surface area contributed by atoms with E-state index < -0.39 is 0 Å². The van der Waals surface area contributed by atoms with Crippen LogP contribution in [-0.4, -0.2) is 4.98 Å². The van der Waals surface area contributed by atoms with Gasteiger partial charge in [0.15, 0.2) is 0 Å². The lowest BCUT2D eigenvalue weighted by molar-refractivity contribution is 0.669. The van der Waals surface area contributed by atoms with E-state index in [1.807, 2.05) is 12.3 Å². The Hall–Kier alpha value is -6.71. The summed E-state index contributed by atoms with van der Waals surface area (Å²) in [6.07, 6.45) is 1.84. The average molecular weight is 639 g/mol. The van der Waals surface area contributed by atoms with Crippen LogP contribution in [0.2, 0.25) is 0 Å². The monoisotopic (exact) mass is 638 g/mol. The highest BCUT2D eigenvalue weighted by Gasteiger charge is 2.20. The molecule has 0 unspecified atom stereocenters. The maximum absolute atomic E-state index is 6.48. The third kappa shape index (κ3) is 4.71. The van der Waals surface area contributed by atoms with Crippen LogP contribution in [0, 0.1) is 0 Å². The van der Waals surface area contributed by atoms with Gasteiger partial charge < -0.3 is 9.32 Å². The number of benzene rings is 8. The van der Waals surface area contributed by atoms with Crippen LogP contribution in [0.5, 0.6) is 0 Å². The molecule has 2 aromatic heterocycles. The van der Waals surface area contributed by atoms with Crippen molar-refractivity contribution in [1.82, 2.24) is 4.98 Å². The van der Waals surface area contributed by atoms with Crippen molar-refractivity contribution in [3.05, 3.63) is 182 Å². The van der Waals surface area contributed by atoms with E-state index in [0.717, 1.165) is 49.9 Å². The first-order valence-electron chi connectivity index (χ1n) is 16.9. The molecule has 234 valence electrons. The zero-order valence-electron chi connectivity index (χ0n) is 27.1. The zero-order valence-corrected chi connectivity index (χ0v) is 27.1. The summed E-state index contributed by atoms with van der Waals surface area (Å²) >= 11 is 0. The fraction of sp³-hybridized carbons (Fsp3) is 0. The largest absolute Gasteiger partial charge is 0.456 e. The molecule has 0 N–H and O–H groups in total. The van der Waals surface area contributed by atoms with E-state index >= 15 is 0 Å². The molecule has 10 rings (SSSR count). The molecule has 3 heteroatoms. The van der Waals surface area contributed by atoms with Gasteiger partial charge in [-0.15, -0.1) is 0 Å². The van der Waals surface area contributed by atoms with Crippen molar-refractivity contribution in [1.29, 1.82) is 0 Å². The SMILES string of the molecule is c1ccc(-c2ccc(N(c3ccc(-c4ccc5c(ccc6ccccc65)c4)cc3)c3cccc4oc5cc6cccnc6cc5c34)cc2)cc1. The number of furan rings is 1. The van der Waals surface area contributed by atoms with Gasteiger partial charge in [0.1, 0.15) is 11.2 Å². The predicted molar refractivity (Wildman–Crippen MR) is 210 cm³/mol. The Morgan fingerprint density at radius 1 is 0.400 bits per heavy atom. The Balaban J connectivity index is 1.12. The summed E-state index contributed by atoms with van der Waals surface area (Å²) in [4.78, 5) is 7.00. The van der Waals surface area contributed by atoms with Gasteiger partial charge in [-0.05, 0) is 104 Å². The van der Waals surface area contributed by atoms with Crippen LogP contribution >= 0.6 is 0 Å². The molecule has 0 saturated carbocycles. The van der Waals surface area contributed by atoms with E-state index in [2.05, 4.69) is 180 Å². The molecule has 0 radical (unpaired) electrons. The van der Waals surface area contributed by atoms with Crippen molar-refractivity contribution >= 4 is 71.4 Å². The molecule has 0 aliphatic heterocycles. The summed E-state index contributed by atoms with van der Waals surface area (Å²) in [7, 11) is 0. The second kappa shape index (κ2) is 11.5. The molecular formula is C47H30N2O. The van der Waals surface area contributed by atoms with Gasteiger partial charge in [0.05, 0.1) is 16.6 Å². The predicted octanol–water partition coefficient (Wildman–Crippen LogP) is 13.2. The number of aromatic nitrogens is 1. The van der Waals surface area contributed by atoms with Crippen molar-refractivity contribution in [2.24, 2.45) is 0 Å². The van der Waals surface area contributed by atoms with Crippen molar-refractivity contribution in [3.63, 3.8) is 0 Å². The Morgan fingerprint density at radius 2 is 1.06 bits per heavy atom. The molecule has 0 aliphatic rings. The number of fused-ring (bicyclic) bond motifs is 7. The first-order chi connectivity index (χ1) is 24.8. The van der Waals surface area contributed by atoms with Crippen LogP contribution in [0.1, 0.15) is 0 Å². The lowest BCUT2D eigenvalue weighted by atomic mass is 9.97. The first-order valence-corrected chi connectivity index (χ1v) is 16.9. The fourth-order valence-corrected chi connectivity index (χ4v) is 7.42. The Kier molecular flexibility index (Phi) is 6.49. The first kappa shape index (κ1) is 28.3. The molecule has 8 aromatic carbocycles. The van der Waals surface area contributed by atoms with Crippen LogP contribution in [0.25, 0.3) is 76.6 Å². The lowest BCUT2D eigenvalue weighted by Gasteiger charge is -2.26. The van der Waals surface area contributed by atoms with Crippen molar-refractivity contribution in [2.45, 2.75) is 0 Å². The topological polar surface area (TPSA) is 29.3 Å². The highest BCUT2D eigenvalue weighted by molar-refractivity contribution is 6.16. The van der Waals surface area contributed by atoms with Gasteiger partial charge in [-0.2, -0.15) is 0 Å². The molecule has 3 nitrogen and oxygen atoms in total. The van der Waals surface area contributed by atoms with Gasteiger partial charge in [0.25, 0.3) is 0 Å². The van der Waals surface area contributed by atoms with Crippen LogP contribution < -0.4 is 4.90 Å². The molecule has 0 amide bonds. The van der Waals surface area contributed by atoms with E-state index in [4.69, 9.17) is 4.42 Å². The Morgan fingerprint density at radius 3 is 1.88 bits per heavy atom.